The zero-order valence-corrected chi connectivity index (χ0v) is 16.0. The molecule has 2 N–H and O–H groups in total. The first kappa shape index (κ1) is 19.0. The van der Waals surface area contributed by atoms with E-state index in [1.54, 1.807) is 48.4 Å². The van der Waals surface area contributed by atoms with Gasteiger partial charge in [-0.1, -0.05) is 17.7 Å². The van der Waals surface area contributed by atoms with Crippen LogP contribution in [-0.2, 0) is 4.79 Å². The Hall–Kier alpha value is -2.73. The Bertz CT molecular complexity index is 839. The molecule has 1 atom stereocenters. The van der Waals surface area contributed by atoms with E-state index in [9.17, 15) is 9.59 Å². The fraction of sp³-hybridized carbons (Fsp3) is 0.300. The molecular formula is C20H22ClN3O3. The molecule has 1 aliphatic rings. The minimum Gasteiger partial charge on any atom is -0.497 e. The average molecular weight is 388 g/mol. The van der Waals surface area contributed by atoms with Gasteiger partial charge < -0.3 is 20.3 Å². The minimum atomic E-state index is -0.506. The highest BCUT2D eigenvalue weighted by Crippen LogP contribution is 2.24. The second-order valence-corrected chi connectivity index (χ2v) is 6.87. The van der Waals surface area contributed by atoms with E-state index in [0.717, 1.165) is 12.0 Å². The molecule has 7 heteroatoms. The van der Waals surface area contributed by atoms with E-state index in [2.05, 4.69) is 10.6 Å². The Balaban J connectivity index is 1.65. The summed E-state index contributed by atoms with van der Waals surface area (Å²) in [6.07, 6.45) is 1.41. The van der Waals surface area contributed by atoms with Crippen LogP contribution in [0.5, 0.6) is 5.75 Å². The van der Waals surface area contributed by atoms with Crippen molar-refractivity contribution in [2.45, 2.75) is 25.8 Å². The summed E-state index contributed by atoms with van der Waals surface area (Å²) >= 11 is 6.11. The maximum Gasteiger partial charge on any atom is 0.322 e. The van der Waals surface area contributed by atoms with Gasteiger partial charge in [-0.2, -0.15) is 0 Å². The molecule has 2 aromatic carbocycles. The normalized spacial score (nSPS) is 16.1. The number of aryl methyl sites for hydroxylation is 1. The van der Waals surface area contributed by atoms with Crippen LogP contribution in [0.25, 0.3) is 0 Å². The standard InChI is InChI=1S/C20H22ClN3O3/c1-13-5-6-15(12-17(13)21)23-20(26)24-11-3-4-18(24)19(25)22-14-7-9-16(27-2)10-8-14/h5-10,12,18H,3-4,11H2,1-2H3,(H,22,25)(H,23,26). The summed E-state index contributed by atoms with van der Waals surface area (Å²) in [7, 11) is 1.59. The summed E-state index contributed by atoms with van der Waals surface area (Å²) in [4.78, 5) is 26.8. The lowest BCUT2D eigenvalue weighted by atomic mass is 10.2. The van der Waals surface area contributed by atoms with Gasteiger partial charge in [-0.15, -0.1) is 0 Å². The fourth-order valence-electron chi connectivity index (χ4n) is 3.05. The van der Waals surface area contributed by atoms with Gasteiger partial charge in [0, 0.05) is 22.9 Å². The number of benzene rings is 2. The first-order valence-electron chi connectivity index (χ1n) is 8.76. The highest BCUT2D eigenvalue weighted by Gasteiger charge is 2.34. The summed E-state index contributed by atoms with van der Waals surface area (Å²) in [5.41, 5.74) is 2.21. The third kappa shape index (κ3) is 4.52. The molecule has 0 radical (unpaired) electrons. The van der Waals surface area contributed by atoms with E-state index >= 15 is 0 Å². The van der Waals surface area contributed by atoms with Crippen LogP contribution in [0, 0.1) is 6.92 Å². The van der Waals surface area contributed by atoms with Crippen molar-refractivity contribution in [3.8, 4) is 5.75 Å². The third-order valence-electron chi connectivity index (χ3n) is 4.60. The predicted octanol–water partition coefficient (Wildman–Crippen LogP) is 4.29. The Kier molecular flexibility index (Phi) is 5.86. The summed E-state index contributed by atoms with van der Waals surface area (Å²) in [6.45, 7) is 2.43. The van der Waals surface area contributed by atoms with Gasteiger partial charge >= 0.3 is 6.03 Å². The van der Waals surface area contributed by atoms with Crippen LogP contribution in [0.4, 0.5) is 16.2 Å². The van der Waals surface area contributed by atoms with E-state index in [-0.39, 0.29) is 11.9 Å². The van der Waals surface area contributed by atoms with Crippen LogP contribution in [-0.4, -0.2) is 36.5 Å². The van der Waals surface area contributed by atoms with Gasteiger partial charge in [0.25, 0.3) is 0 Å². The Morgan fingerprint density at radius 2 is 1.81 bits per heavy atom. The van der Waals surface area contributed by atoms with E-state index in [0.29, 0.717) is 35.1 Å². The first-order chi connectivity index (χ1) is 13.0. The van der Waals surface area contributed by atoms with Crippen LogP contribution in [0.3, 0.4) is 0 Å². The van der Waals surface area contributed by atoms with E-state index in [1.807, 2.05) is 13.0 Å². The van der Waals surface area contributed by atoms with E-state index in [1.165, 1.54) is 0 Å². The molecule has 1 unspecified atom stereocenters. The SMILES string of the molecule is COc1ccc(NC(=O)C2CCCN2C(=O)Nc2ccc(C)c(Cl)c2)cc1. The molecule has 0 aromatic heterocycles. The van der Waals surface area contributed by atoms with E-state index in [4.69, 9.17) is 16.3 Å². The number of methoxy groups -OCH3 is 1. The molecule has 3 amide bonds. The van der Waals surface area contributed by atoms with Gasteiger partial charge in [-0.3, -0.25) is 4.79 Å². The molecule has 1 saturated heterocycles. The number of hydrogen-bond acceptors (Lipinski definition) is 3. The van der Waals surface area contributed by atoms with Crippen molar-refractivity contribution in [3.05, 3.63) is 53.1 Å². The van der Waals surface area contributed by atoms with Crippen molar-refractivity contribution < 1.29 is 14.3 Å². The van der Waals surface area contributed by atoms with E-state index < -0.39 is 6.04 Å². The summed E-state index contributed by atoms with van der Waals surface area (Å²) in [6, 6.07) is 11.6. The average Bonchev–Trinajstić information content (AvgIpc) is 3.15. The molecule has 142 valence electrons. The van der Waals surface area contributed by atoms with Crippen molar-refractivity contribution in [1.82, 2.24) is 4.90 Å². The zero-order chi connectivity index (χ0) is 19.4. The molecule has 0 bridgehead atoms. The number of hydrogen-bond donors (Lipinski definition) is 2. The van der Waals surface area contributed by atoms with Crippen molar-refractivity contribution in [1.29, 1.82) is 0 Å². The van der Waals surface area contributed by atoms with Gasteiger partial charge in [-0.25, -0.2) is 4.79 Å². The summed E-state index contributed by atoms with van der Waals surface area (Å²) in [5.74, 6) is 0.515. The Morgan fingerprint density at radius 1 is 1.11 bits per heavy atom. The maximum absolute atomic E-state index is 12.7. The minimum absolute atomic E-state index is 0.199. The number of nitrogens with one attached hydrogen (secondary N) is 2. The number of halogens is 1. The number of amides is 3. The number of urea groups is 1. The van der Waals surface area contributed by atoms with Crippen molar-refractivity contribution in [3.63, 3.8) is 0 Å². The lowest BCUT2D eigenvalue weighted by molar-refractivity contribution is -0.119. The highest BCUT2D eigenvalue weighted by atomic mass is 35.5. The number of carbonyl (C=O) groups is 2. The molecule has 1 aliphatic heterocycles. The second kappa shape index (κ2) is 8.31. The quantitative estimate of drug-likeness (QED) is 0.822. The molecule has 2 aromatic rings. The Morgan fingerprint density at radius 3 is 2.48 bits per heavy atom. The van der Waals surface area contributed by atoms with Crippen LogP contribution >= 0.6 is 11.6 Å². The molecule has 6 nitrogen and oxygen atoms in total. The molecule has 0 aliphatic carbocycles. The lowest BCUT2D eigenvalue weighted by Gasteiger charge is -2.24. The third-order valence-corrected chi connectivity index (χ3v) is 5.00. The second-order valence-electron chi connectivity index (χ2n) is 6.46. The lowest BCUT2D eigenvalue weighted by Crippen LogP contribution is -2.45. The number of ether oxygens (including phenoxy) is 1. The number of rotatable bonds is 4. The summed E-state index contributed by atoms with van der Waals surface area (Å²) in [5, 5.41) is 6.27. The largest absolute Gasteiger partial charge is 0.497 e. The monoisotopic (exact) mass is 387 g/mol. The maximum atomic E-state index is 12.7. The number of anilines is 2. The van der Waals surface area contributed by atoms with Crippen molar-refractivity contribution in [2.24, 2.45) is 0 Å². The smallest absolute Gasteiger partial charge is 0.322 e. The first-order valence-corrected chi connectivity index (χ1v) is 9.14. The fourth-order valence-corrected chi connectivity index (χ4v) is 3.23. The molecule has 0 saturated carbocycles. The number of nitrogens with zero attached hydrogens (tertiary/aromatic N) is 1. The van der Waals surface area contributed by atoms with Gasteiger partial charge in [0.1, 0.15) is 11.8 Å². The molecule has 27 heavy (non-hydrogen) atoms. The molecule has 1 fully saturated rings. The van der Waals surface area contributed by atoms with Crippen LogP contribution in [0.2, 0.25) is 5.02 Å². The Labute approximate surface area is 163 Å². The van der Waals surface area contributed by atoms with Gasteiger partial charge in [-0.05, 0) is 61.7 Å². The van der Waals surface area contributed by atoms with Crippen molar-refractivity contribution >= 4 is 34.9 Å². The van der Waals surface area contributed by atoms with Crippen LogP contribution in [0.1, 0.15) is 18.4 Å². The topological polar surface area (TPSA) is 70.7 Å². The van der Waals surface area contributed by atoms with Crippen LogP contribution < -0.4 is 15.4 Å². The van der Waals surface area contributed by atoms with Crippen LogP contribution in [0.15, 0.2) is 42.5 Å². The van der Waals surface area contributed by atoms with Gasteiger partial charge in [0.2, 0.25) is 5.91 Å². The summed E-state index contributed by atoms with van der Waals surface area (Å²) < 4.78 is 5.11. The van der Waals surface area contributed by atoms with Gasteiger partial charge in [0.05, 0.1) is 7.11 Å². The highest BCUT2D eigenvalue weighted by molar-refractivity contribution is 6.31. The van der Waals surface area contributed by atoms with Crippen molar-refractivity contribution in [2.75, 3.05) is 24.3 Å². The number of carbonyl (C=O) groups excluding carboxylic acids is 2. The predicted molar refractivity (Wildman–Crippen MR) is 107 cm³/mol. The molecule has 0 spiro atoms. The zero-order valence-electron chi connectivity index (χ0n) is 15.3. The van der Waals surface area contributed by atoms with Gasteiger partial charge in [0.15, 0.2) is 0 Å². The molecule has 3 rings (SSSR count). The number of likely N-dealkylation sites (tertiary alicyclic amines) is 1. The molecule has 1 heterocycles. The molecular weight excluding hydrogens is 366 g/mol.